The fourth-order valence-electron chi connectivity index (χ4n) is 2.82. The first-order valence-electron chi connectivity index (χ1n) is 8.35. The molecule has 134 valence electrons. The van der Waals surface area contributed by atoms with E-state index in [1.165, 1.54) is 10.6 Å². The number of amides is 1. The standard InChI is InChI=1S/C21H22N2O3/c1-13-6-7-17(10-14(13)2)23-21(24)19(15(3)22-23)12-16-11-18(25-4)8-9-20(16)26-5/h6-12H,1-5H3/b19-12-. The first kappa shape index (κ1) is 17.7. The first-order chi connectivity index (χ1) is 12.4. The van der Waals surface area contributed by atoms with Crippen LogP contribution in [0.25, 0.3) is 6.08 Å². The normalized spacial score (nSPS) is 15.4. The van der Waals surface area contributed by atoms with Gasteiger partial charge in [-0.05, 0) is 68.3 Å². The Morgan fingerprint density at radius 1 is 0.962 bits per heavy atom. The zero-order valence-electron chi connectivity index (χ0n) is 15.7. The van der Waals surface area contributed by atoms with Crippen LogP contribution in [0.1, 0.15) is 23.6 Å². The molecule has 1 heterocycles. The number of carbonyl (C=O) groups is 1. The van der Waals surface area contributed by atoms with E-state index in [9.17, 15) is 4.79 Å². The molecule has 5 nitrogen and oxygen atoms in total. The van der Waals surface area contributed by atoms with E-state index in [0.717, 1.165) is 16.8 Å². The van der Waals surface area contributed by atoms with Gasteiger partial charge >= 0.3 is 0 Å². The third-order valence-corrected chi connectivity index (χ3v) is 4.53. The molecule has 0 radical (unpaired) electrons. The van der Waals surface area contributed by atoms with Gasteiger partial charge in [0, 0.05) is 5.56 Å². The van der Waals surface area contributed by atoms with Crippen molar-refractivity contribution in [2.45, 2.75) is 20.8 Å². The summed E-state index contributed by atoms with van der Waals surface area (Å²) in [7, 11) is 3.20. The minimum Gasteiger partial charge on any atom is -0.497 e. The van der Waals surface area contributed by atoms with Gasteiger partial charge in [0.05, 0.1) is 31.2 Å². The molecule has 0 unspecified atom stereocenters. The fraction of sp³-hybridized carbons (Fsp3) is 0.238. The Bertz CT molecular complexity index is 929. The molecule has 0 aromatic heterocycles. The zero-order chi connectivity index (χ0) is 18.8. The van der Waals surface area contributed by atoms with Gasteiger partial charge in [-0.25, -0.2) is 0 Å². The molecule has 2 aromatic rings. The maximum Gasteiger partial charge on any atom is 0.280 e. The van der Waals surface area contributed by atoms with Crippen molar-refractivity contribution in [1.82, 2.24) is 0 Å². The second-order valence-corrected chi connectivity index (χ2v) is 6.24. The van der Waals surface area contributed by atoms with Crippen LogP contribution in [0.3, 0.4) is 0 Å². The summed E-state index contributed by atoms with van der Waals surface area (Å²) >= 11 is 0. The van der Waals surface area contributed by atoms with Gasteiger partial charge in [0.25, 0.3) is 5.91 Å². The van der Waals surface area contributed by atoms with Crippen LogP contribution in [-0.2, 0) is 4.79 Å². The van der Waals surface area contributed by atoms with E-state index >= 15 is 0 Å². The van der Waals surface area contributed by atoms with Crippen molar-refractivity contribution in [3.63, 3.8) is 0 Å². The Balaban J connectivity index is 2.00. The molecule has 0 aliphatic carbocycles. The molecular formula is C21H22N2O3. The number of hydrogen-bond donors (Lipinski definition) is 0. The van der Waals surface area contributed by atoms with Gasteiger partial charge < -0.3 is 9.47 Å². The number of nitrogens with zero attached hydrogens (tertiary/aromatic N) is 2. The molecule has 5 heteroatoms. The van der Waals surface area contributed by atoms with Crippen LogP contribution in [0.4, 0.5) is 5.69 Å². The lowest BCUT2D eigenvalue weighted by atomic mass is 10.1. The van der Waals surface area contributed by atoms with E-state index in [2.05, 4.69) is 5.10 Å². The smallest absolute Gasteiger partial charge is 0.280 e. The molecule has 1 amide bonds. The van der Waals surface area contributed by atoms with E-state index in [1.807, 2.05) is 57.2 Å². The van der Waals surface area contributed by atoms with Gasteiger partial charge in [0.2, 0.25) is 0 Å². The zero-order valence-corrected chi connectivity index (χ0v) is 15.7. The topological polar surface area (TPSA) is 51.1 Å². The van der Waals surface area contributed by atoms with Gasteiger partial charge in [-0.2, -0.15) is 10.1 Å². The van der Waals surface area contributed by atoms with E-state index in [-0.39, 0.29) is 5.91 Å². The van der Waals surface area contributed by atoms with Crippen LogP contribution in [0.2, 0.25) is 0 Å². The van der Waals surface area contributed by atoms with Crippen LogP contribution < -0.4 is 14.5 Å². The van der Waals surface area contributed by atoms with Crippen molar-refractivity contribution in [2.24, 2.45) is 5.10 Å². The van der Waals surface area contributed by atoms with Gasteiger partial charge in [-0.1, -0.05) is 6.07 Å². The summed E-state index contributed by atoms with van der Waals surface area (Å²) < 4.78 is 10.7. The molecule has 3 rings (SSSR count). The molecule has 0 saturated heterocycles. The summed E-state index contributed by atoms with van der Waals surface area (Å²) in [5.41, 5.74) is 5.03. The molecule has 0 bridgehead atoms. The van der Waals surface area contributed by atoms with Crippen molar-refractivity contribution in [3.05, 3.63) is 58.7 Å². The summed E-state index contributed by atoms with van der Waals surface area (Å²) in [4.78, 5) is 12.9. The summed E-state index contributed by atoms with van der Waals surface area (Å²) in [6, 6.07) is 11.4. The second-order valence-electron chi connectivity index (χ2n) is 6.24. The number of ether oxygens (including phenoxy) is 2. The maximum absolute atomic E-state index is 12.9. The third kappa shape index (κ3) is 3.20. The number of hydrazone groups is 1. The molecule has 1 aliphatic rings. The monoisotopic (exact) mass is 350 g/mol. The van der Waals surface area contributed by atoms with Crippen molar-refractivity contribution >= 4 is 23.4 Å². The summed E-state index contributed by atoms with van der Waals surface area (Å²) in [6.07, 6.45) is 1.80. The van der Waals surface area contributed by atoms with Crippen molar-refractivity contribution in [3.8, 4) is 11.5 Å². The maximum atomic E-state index is 12.9. The molecule has 0 fully saturated rings. The Labute approximate surface area is 153 Å². The highest BCUT2D eigenvalue weighted by Gasteiger charge is 2.29. The predicted molar refractivity (Wildman–Crippen MR) is 104 cm³/mol. The molecule has 0 N–H and O–H groups in total. The largest absolute Gasteiger partial charge is 0.497 e. The number of anilines is 1. The second kappa shape index (κ2) is 7.04. The van der Waals surface area contributed by atoms with Crippen molar-refractivity contribution in [1.29, 1.82) is 0 Å². The van der Waals surface area contributed by atoms with E-state index in [1.54, 1.807) is 20.3 Å². The lowest BCUT2D eigenvalue weighted by Crippen LogP contribution is -2.21. The molecule has 0 atom stereocenters. The molecular weight excluding hydrogens is 328 g/mol. The van der Waals surface area contributed by atoms with Crippen LogP contribution >= 0.6 is 0 Å². The average molecular weight is 350 g/mol. The SMILES string of the molecule is COc1ccc(OC)c(/C=C2\C(=O)N(c3ccc(C)c(C)c3)N=C2C)c1. The van der Waals surface area contributed by atoms with Gasteiger partial charge in [-0.3, -0.25) is 4.79 Å². The Hall–Kier alpha value is -3.08. The highest BCUT2D eigenvalue weighted by atomic mass is 16.5. The van der Waals surface area contributed by atoms with E-state index < -0.39 is 0 Å². The number of hydrogen-bond acceptors (Lipinski definition) is 4. The minimum atomic E-state index is -0.157. The number of methoxy groups -OCH3 is 2. The lowest BCUT2D eigenvalue weighted by Gasteiger charge is -2.13. The number of aryl methyl sites for hydroxylation is 2. The highest BCUT2D eigenvalue weighted by Crippen LogP contribution is 2.30. The predicted octanol–water partition coefficient (Wildman–Crippen LogP) is 4.13. The molecule has 1 aliphatic heterocycles. The van der Waals surface area contributed by atoms with Crippen LogP contribution in [0.5, 0.6) is 11.5 Å². The third-order valence-electron chi connectivity index (χ3n) is 4.53. The van der Waals surface area contributed by atoms with Crippen molar-refractivity contribution in [2.75, 3.05) is 19.2 Å². The Morgan fingerprint density at radius 3 is 2.38 bits per heavy atom. The fourth-order valence-corrected chi connectivity index (χ4v) is 2.82. The summed E-state index contributed by atoms with van der Waals surface area (Å²) in [5, 5.41) is 5.89. The number of carbonyl (C=O) groups excluding carboxylic acids is 1. The van der Waals surface area contributed by atoms with Gasteiger partial charge in [0.1, 0.15) is 11.5 Å². The van der Waals surface area contributed by atoms with Crippen LogP contribution in [-0.4, -0.2) is 25.8 Å². The Morgan fingerprint density at radius 2 is 1.73 bits per heavy atom. The van der Waals surface area contributed by atoms with Crippen molar-refractivity contribution < 1.29 is 14.3 Å². The average Bonchev–Trinajstić information content (AvgIpc) is 2.92. The molecule has 0 spiro atoms. The van der Waals surface area contributed by atoms with Crippen LogP contribution in [0.15, 0.2) is 47.1 Å². The summed E-state index contributed by atoms with van der Waals surface area (Å²) in [5.74, 6) is 1.21. The minimum absolute atomic E-state index is 0.157. The van der Waals surface area contributed by atoms with Gasteiger partial charge in [-0.15, -0.1) is 0 Å². The molecule has 0 saturated carbocycles. The van der Waals surface area contributed by atoms with E-state index in [0.29, 0.717) is 22.8 Å². The Kier molecular flexibility index (Phi) is 4.80. The highest BCUT2D eigenvalue weighted by molar-refractivity contribution is 6.32. The lowest BCUT2D eigenvalue weighted by molar-refractivity contribution is -0.114. The number of benzene rings is 2. The van der Waals surface area contributed by atoms with Crippen LogP contribution in [0, 0.1) is 13.8 Å². The molecule has 26 heavy (non-hydrogen) atoms. The van der Waals surface area contributed by atoms with Gasteiger partial charge in [0.15, 0.2) is 0 Å². The van der Waals surface area contributed by atoms with E-state index in [4.69, 9.17) is 9.47 Å². The first-order valence-corrected chi connectivity index (χ1v) is 8.35. The quantitative estimate of drug-likeness (QED) is 0.779. The molecule has 2 aromatic carbocycles. The summed E-state index contributed by atoms with van der Waals surface area (Å²) in [6.45, 7) is 5.89. The number of rotatable bonds is 4.